The fraction of sp³-hybridized carbons (Fsp3) is 0.938. The molecule has 1 atom stereocenters. The van der Waals surface area contributed by atoms with Crippen molar-refractivity contribution in [1.29, 1.82) is 0 Å². The molecule has 0 spiro atoms. The van der Waals surface area contributed by atoms with Crippen LogP contribution in [-0.4, -0.2) is 51.3 Å². The zero-order valence-electron chi connectivity index (χ0n) is 14.0. The van der Waals surface area contributed by atoms with Crippen LogP contribution < -0.4 is 5.32 Å². The Morgan fingerprint density at radius 1 is 1.35 bits per heavy atom. The molecule has 1 fully saturated rings. The molecule has 0 aromatic rings. The average molecular weight is 283 g/mol. The molecule has 4 nitrogen and oxygen atoms in total. The second-order valence-corrected chi connectivity index (χ2v) is 7.10. The van der Waals surface area contributed by atoms with Gasteiger partial charge in [0.25, 0.3) is 0 Å². The normalized spacial score (nSPS) is 20.2. The number of hydrogen-bond acceptors (Lipinski definition) is 2. The van der Waals surface area contributed by atoms with Crippen LogP contribution in [0.15, 0.2) is 4.99 Å². The van der Waals surface area contributed by atoms with Crippen LogP contribution in [0, 0.1) is 11.3 Å². The second kappa shape index (κ2) is 8.50. The summed E-state index contributed by atoms with van der Waals surface area (Å²) in [6, 6.07) is 0. The van der Waals surface area contributed by atoms with E-state index in [1.54, 1.807) is 0 Å². The summed E-state index contributed by atoms with van der Waals surface area (Å²) in [6.45, 7) is 10.8. The smallest absolute Gasteiger partial charge is 0.193 e. The van der Waals surface area contributed by atoms with Gasteiger partial charge in [0.05, 0.1) is 6.61 Å². The number of rotatable bonds is 6. The monoisotopic (exact) mass is 283 g/mol. The van der Waals surface area contributed by atoms with Crippen molar-refractivity contribution in [1.82, 2.24) is 10.2 Å². The summed E-state index contributed by atoms with van der Waals surface area (Å²) in [5, 5.41) is 3.46. The number of hydrogen-bond donors (Lipinski definition) is 1. The third-order valence-electron chi connectivity index (χ3n) is 3.77. The minimum absolute atomic E-state index is 0.445. The number of aliphatic imine (C=N–C) groups is 1. The second-order valence-electron chi connectivity index (χ2n) is 7.10. The molecule has 1 heterocycles. The third-order valence-corrected chi connectivity index (χ3v) is 3.77. The highest BCUT2D eigenvalue weighted by Gasteiger charge is 2.18. The highest BCUT2D eigenvalue weighted by atomic mass is 16.5. The zero-order chi connectivity index (χ0) is 15.0. The maximum absolute atomic E-state index is 5.43. The third kappa shape index (κ3) is 7.13. The summed E-state index contributed by atoms with van der Waals surface area (Å²) in [7, 11) is 3.97. The lowest BCUT2D eigenvalue weighted by atomic mass is 9.90. The van der Waals surface area contributed by atoms with Crippen LogP contribution in [0.1, 0.15) is 46.5 Å². The van der Waals surface area contributed by atoms with E-state index in [9.17, 15) is 0 Å². The minimum Gasteiger partial charge on any atom is -0.381 e. The van der Waals surface area contributed by atoms with Gasteiger partial charge in [0.2, 0.25) is 0 Å². The van der Waals surface area contributed by atoms with Crippen molar-refractivity contribution in [3.8, 4) is 0 Å². The van der Waals surface area contributed by atoms with E-state index in [1.807, 2.05) is 7.05 Å². The summed E-state index contributed by atoms with van der Waals surface area (Å²) in [5.74, 6) is 1.66. The molecule has 4 heteroatoms. The van der Waals surface area contributed by atoms with Crippen molar-refractivity contribution >= 4 is 5.96 Å². The molecular formula is C16H33N3O. The number of unbranched alkanes of at least 4 members (excludes halogenated alkanes) is 1. The lowest BCUT2D eigenvalue weighted by molar-refractivity contribution is 0.181. The highest BCUT2D eigenvalue weighted by molar-refractivity contribution is 5.79. The lowest BCUT2D eigenvalue weighted by Crippen LogP contribution is -2.41. The molecule has 0 aromatic heterocycles. The van der Waals surface area contributed by atoms with Crippen molar-refractivity contribution < 1.29 is 4.74 Å². The number of ether oxygens (including phenoxy) is 1. The molecule has 0 bridgehead atoms. The largest absolute Gasteiger partial charge is 0.381 e. The van der Waals surface area contributed by atoms with Crippen molar-refractivity contribution in [2.24, 2.45) is 16.3 Å². The summed E-state index contributed by atoms with van der Waals surface area (Å²) in [5.41, 5.74) is 0.445. The SMILES string of the molecule is CN=C(NCCCCC(C)(C)C)N(C)CC1CCOC1. The fourth-order valence-electron chi connectivity index (χ4n) is 2.57. The Bertz CT molecular complexity index is 291. The Labute approximate surface area is 125 Å². The molecule has 118 valence electrons. The lowest BCUT2D eigenvalue weighted by Gasteiger charge is -2.24. The van der Waals surface area contributed by atoms with Gasteiger partial charge < -0.3 is 15.0 Å². The molecule has 1 aliphatic rings. The van der Waals surface area contributed by atoms with E-state index < -0.39 is 0 Å². The first-order valence-corrected chi connectivity index (χ1v) is 7.92. The first-order chi connectivity index (χ1) is 9.42. The van der Waals surface area contributed by atoms with E-state index in [0.717, 1.165) is 32.3 Å². The van der Waals surface area contributed by atoms with Crippen LogP contribution in [0.4, 0.5) is 0 Å². The Kier molecular flexibility index (Phi) is 7.35. The summed E-state index contributed by atoms with van der Waals surface area (Å²) >= 11 is 0. The Morgan fingerprint density at radius 2 is 2.10 bits per heavy atom. The minimum atomic E-state index is 0.445. The van der Waals surface area contributed by atoms with Gasteiger partial charge in [0.1, 0.15) is 0 Å². The van der Waals surface area contributed by atoms with Crippen molar-refractivity contribution in [2.75, 3.05) is 40.4 Å². The molecule has 0 radical (unpaired) electrons. The molecule has 1 saturated heterocycles. The molecule has 1 rings (SSSR count). The van der Waals surface area contributed by atoms with Gasteiger partial charge in [-0.15, -0.1) is 0 Å². The van der Waals surface area contributed by atoms with Gasteiger partial charge in [-0.1, -0.05) is 27.2 Å². The first kappa shape index (κ1) is 17.3. The predicted molar refractivity (Wildman–Crippen MR) is 86.2 cm³/mol. The average Bonchev–Trinajstić information content (AvgIpc) is 2.85. The van der Waals surface area contributed by atoms with Crippen LogP contribution in [0.25, 0.3) is 0 Å². The molecule has 1 unspecified atom stereocenters. The van der Waals surface area contributed by atoms with Crippen LogP contribution in [0.3, 0.4) is 0 Å². The molecule has 0 amide bonds. The van der Waals surface area contributed by atoms with E-state index in [-0.39, 0.29) is 0 Å². The molecule has 20 heavy (non-hydrogen) atoms. The molecule has 1 N–H and O–H groups in total. The maximum Gasteiger partial charge on any atom is 0.193 e. The van der Waals surface area contributed by atoms with Crippen molar-refractivity contribution in [3.05, 3.63) is 0 Å². The van der Waals surface area contributed by atoms with Gasteiger partial charge >= 0.3 is 0 Å². The maximum atomic E-state index is 5.43. The summed E-state index contributed by atoms with van der Waals surface area (Å²) in [6.07, 6.45) is 4.93. The Balaban J connectivity index is 2.18. The van der Waals surface area contributed by atoms with Crippen LogP contribution in [0.2, 0.25) is 0 Å². The molecular weight excluding hydrogens is 250 g/mol. The van der Waals surface area contributed by atoms with Crippen LogP contribution >= 0.6 is 0 Å². The van der Waals surface area contributed by atoms with Crippen molar-refractivity contribution in [3.63, 3.8) is 0 Å². The number of nitrogens with one attached hydrogen (secondary N) is 1. The molecule has 1 aliphatic heterocycles. The van der Waals surface area contributed by atoms with E-state index >= 15 is 0 Å². The van der Waals surface area contributed by atoms with E-state index in [2.05, 4.69) is 43.0 Å². The number of guanidine groups is 1. The molecule has 0 aromatic carbocycles. The summed E-state index contributed by atoms with van der Waals surface area (Å²) < 4.78 is 5.43. The summed E-state index contributed by atoms with van der Waals surface area (Å²) in [4.78, 5) is 6.59. The zero-order valence-corrected chi connectivity index (χ0v) is 14.0. The van der Waals surface area contributed by atoms with Crippen molar-refractivity contribution in [2.45, 2.75) is 46.5 Å². The first-order valence-electron chi connectivity index (χ1n) is 7.92. The van der Waals surface area contributed by atoms with E-state index in [4.69, 9.17) is 4.74 Å². The van der Waals surface area contributed by atoms with Gasteiger partial charge in [0, 0.05) is 39.7 Å². The predicted octanol–water partition coefficient (Wildman–Crippen LogP) is 2.75. The fourth-order valence-corrected chi connectivity index (χ4v) is 2.57. The standard InChI is InChI=1S/C16H33N3O/c1-16(2,3)9-6-7-10-18-15(17-4)19(5)12-14-8-11-20-13-14/h14H,6-13H2,1-5H3,(H,17,18). The van der Waals surface area contributed by atoms with Gasteiger partial charge in [-0.2, -0.15) is 0 Å². The van der Waals surface area contributed by atoms with Crippen LogP contribution in [-0.2, 0) is 4.74 Å². The van der Waals surface area contributed by atoms with Gasteiger partial charge in [-0.05, 0) is 24.7 Å². The van der Waals surface area contributed by atoms with E-state index in [0.29, 0.717) is 11.3 Å². The number of nitrogens with zero attached hydrogens (tertiary/aromatic N) is 2. The Hall–Kier alpha value is -0.770. The Morgan fingerprint density at radius 3 is 2.65 bits per heavy atom. The molecule has 0 aliphatic carbocycles. The van der Waals surface area contributed by atoms with Crippen LogP contribution in [0.5, 0.6) is 0 Å². The van der Waals surface area contributed by atoms with Gasteiger partial charge in [0.15, 0.2) is 5.96 Å². The van der Waals surface area contributed by atoms with E-state index in [1.165, 1.54) is 25.7 Å². The van der Waals surface area contributed by atoms with Gasteiger partial charge in [-0.3, -0.25) is 4.99 Å². The quantitative estimate of drug-likeness (QED) is 0.463. The highest BCUT2D eigenvalue weighted by Crippen LogP contribution is 2.21. The molecule has 0 saturated carbocycles. The van der Waals surface area contributed by atoms with Gasteiger partial charge in [-0.25, -0.2) is 0 Å². The topological polar surface area (TPSA) is 36.9 Å².